The molecule has 1 N–H and O–H groups in total. The van der Waals surface area contributed by atoms with Gasteiger partial charge in [-0.2, -0.15) is 0 Å². The second kappa shape index (κ2) is 15.7. The van der Waals surface area contributed by atoms with E-state index in [9.17, 15) is 5.11 Å². The van der Waals surface area contributed by atoms with E-state index in [0.717, 1.165) is 12.8 Å². The Balaban J connectivity index is 5.59. The number of rotatable bonds is 18. The Bertz CT molecular complexity index is 398. The summed E-state index contributed by atoms with van der Waals surface area (Å²) >= 11 is -2.62. The van der Waals surface area contributed by atoms with Gasteiger partial charge in [0.25, 0.3) is 0 Å². The summed E-state index contributed by atoms with van der Waals surface area (Å²) in [5, 5.41) is 12.0. The third kappa shape index (κ3) is 11.2. The van der Waals surface area contributed by atoms with Crippen LogP contribution in [0.25, 0.3) is 0 Å². The van der Waals surface area contributed by atoms with Crippen LogP contribution in [0.15, 0.2) is 0 Å². The Morgan fingerprint density at radius 2 is 1.20 bits per heavy atom. The van der Waals surface area contributed by atoms with Gasteiger partial charge in [0.2, 0.25) is 0 Å². The Kier molecular flexibility index (Phi) is 16.2. The number of aliphatic hydroxyl groups is 1. The summed E-state index contributed by atoms with van der Waals surface area (Å²) in [4.78, 5) is 0. The zero-order chi connectivity index (χ0) is 23.3. The maximum absolute atomic E-state index is 11.8. The van der Waals surface area contributed by atoms with E-state index in [2.05, 4.69) is 61.6 Å². The van der Waals surface area contributed by atoms with Crippen LogP contribution in [0.4, 0.5) is 0 Å². The summed E-state index contributed by atoms with van der Waals surface area (Å²) in [6.07, 6.45) is 13.9. The molecule has 2 unspecified atom stereocenters. The van der Waals surface area contributed by atoms with Crippen LogP contribution in [-0.2, 0) is 4.43 Å². The molecule has 0 saturated heterocycles. The van der Waals surface area contributed by atoms with E-state index in [0.29, 0.717) is 0 Å². The molecule has 0 aliphatic carbocycles. The van der Waals surface area contributed by atoms with Crippen LogP contribution in [0, 0.1) is 0 Å². The minimum absolute atomic E-state index is 0.0275. The second-order valence-electron chi connectivity index (χ2n) is 11.4. The Labute approximate surface area is 196 Å². The van der Waals surface area contributed by atoms with Gasteiger partial charge in [-0.15, -0.1) is 0 Å². The SMILES string of the molecule is CCCCCC(C[CH](O)[Sn]([CH2]CCC)([CH2]CCC)[CH2]CCC)O[Si](C)(C)C(C)(C)C. The Hall–Kier alpha value is 0.936. The summed E-state index contributed by atoms with van der Waals surface area (Å²) in [6.45, 7) is 21.0. The van der Waals surface area contributed by atoms with Crippen LogP contribution in [0.1, 0.15) is 119 Å². The number of unbranched alkanes of at least 4 members (excludes halogenated alkanes) is 5. The van der Waals surface area contributed by atoms with Crippen LogP contribution >= 0.6 is 0 Å². The fourth-order valence-corrected chi connectivity index (χ4v) is 22.0. The van der Waals surface area contributed by atoms with E-state index in [1.807, 2.05) is 0 Å². The summed E-state index contributed by atoms with van der Waals surface area (Å²) in [5.74, 6) is 0. The molecule has 0 bridgehead atoms. The van der Waals surface area contributed by atoms with Crippen molar-refractivity contribution in [2.24, 2.45) is 0 Å². The first-order chi connectivity index (χ1) is 14.0. The summed E-state index contributed by atoms with van der Waals surface area (Å²) in [5.41, 5.74) is 0. The molecule has 0 rings (SSSR count). The first kappa shape index (κ1) is 30.9. The molecule has 2 atom stereocenters. The molecule has 0 aromatic carbocycles. The van der Waals surface area contributed by atoms with Gasteiger partial charge in [0.15, 0.2) is 0 Å². The molecule has 2 nitrogen and oxygen atoms in total. The van der Waals surface area contributed by atoms with E-state index in [1.165, 1.54) is 71.1 Å². The van der Waals surface area contributed by atoms with Crippen LogP contribution in [0.5, 0.6) is 0 Å². The van der Waals surface area contributed by atoms with E-state index in [1.54, 1.807) is 0 Å². The monoisotopic (exact) mass is 550 g/mol. The normalized spacial score (nSPS) is 15.4. The van der Waals surface area contributed by atoms with Crippen molar-refractivity contribution in [1.29, 1.82) is 0 Å². The maximum atomic E-state index is 11.8. The van der Waals surface area contributed by atoms with Gasteiger partial charge in [-0.05, 0) is 0 Å². The molecular weight excluding hydrogens is 491 g/mol. The van der Waals surface area contributed by atoms with Crippen LogP contribution in [0.2, 0.25) is 31.4 Å². The molecule has 0 radical (unpaired) electrons. The molecule has 0 aromatic heterocycles. The van der Waals surface area contributed by atoms with E-state index < -0.39 is 26.7 Å². The predicted octanol–water partition coefficient (Wildman–Crippen LogP) is 9.10. The Morgan fingerprint density at radius 1 is 0.767 bits per heavy atom. The van der Waals surface area contributed by atoms with Gasteiger partial charge in [0.05, 0.1) is 0 Å². The molecule has 0 fully saturated rings. The predicted molar refractivity (Wildman–Crippen MR) is 142 cm³/mol. The van der Waals surface area contributed by atoms with Crippen LogP contribution in [0.3, 0.4) is 0 Å². The number of aliphatic hydroxyl groups excluding tert-OH is 1. The zero-order valence-electron chi connectivity index (χ0n) is 22.4. The van der Waals surface area contributed by atoms with Crippen LogP contribution in [-0.4, -0.2) is 42.0 Å². The topological polar surface area (TPSA) is 29.5 Å². The third-order valence-corrected chi connectivity index (χ3v) is 28.5. The van der Waals surface area contributed by atoms with Crippen LogP contribution < -0.4 is 0 Å². The molecule has 0 spiro atoms. The molecule has 0 amide bonds. The van der Waals surface area contributed by atoms with Crippen molar-refractivity contribution in [3.8, 4) is 0 Å². The second-order valence-corrected chi connectivity index (χ2v) is 30.1. The fraction of sp³-hybridized carbons (Fsp3) is 1.00. The van der Waals surface area contributed by atoms with E-state index in [-0.39, 0.29) is 15.3 Å². The molecule has 0 saturated carbocycles. The zero-order valence-corrected chi connectivity index (χ0v) is 26.3. The van der Waals surface area contributed by atoms with Gasteiger partial charge < -0.3 is 0 Å². The van der Waals surface area contributed by atoms with Crippen molar-refractivity contribution in [3.63, 3.8) is 0 Å². The minimum atomic E-state index is -2.62. The first-order valence-electron chi connectivity index (χ1n) is 13.4. The molecule has 0 heterocycles. The van der Waals surface area contributed by atoms with Gasteiger partial charge in [-0.1, -0.05) is 0 Å². The fourth-order valence-electron chi connectivity index (χ4n) is 4.40. The standard InChI is InChI=1S/C14H31O2Si.3C4H9.Sn/c1-7-8-9-10-13(11-12-15)16-17(5,6)14(2,3)4;3*1-3-4-2;/h12-13,15H,7-11H2,1-6H3;3*1,3-4H2,2H3;. The molecule has 182 valence electrons. The average molecular weight is 550 g/mol. The van der Waals surface area contributed by atoms with Gasteiger partial charge in [0.1, 0.15) is 0 Å². The third-order valence-electron chi connectivity index (χ3n) is 7.67. The van der Waals surface area contributed by atoms with Crippen molar-refractivity contribution < 1.29 is 9.53 Å². The molecule has 0 aromatic rings. The van der Waals surface area contributed by atoms with Crippen molar-refractivity contribution in [1.82, 2.24) is 0 Å². The number of hydrogen-bond donors (Lipinski definition) is 1. The average Bonchev–Trinajstić information content (AvgIpc) is 2.66. The Morgan fingerprint density at radius 3 is 1.57 bits per heavy atom. The van der Waals surface area contributed by atoms with E-state index in [4.69, 9.17) is 4.43 Å². The van der Waals surface area contributed by atoms with Gasteiger partial charge in [-0.3, -0.25) is 0 Å². The van der Waals surface area contributed by atoms with Crippen molar-refractivity contribution in [2.75, 3.05) is 0 Å². The first-order valence-corrected chi connectivity index (χ1v) is 24.0. The number of hydrogen-bond acceptors (Lipinski definition) is 2. The van der Waals surface area contributed by atoms with Gasteiger partial charge in [-0.25, -0.2) is 0 Å². The van der Waals surface area contributed by atoms with Gasteiger partial charge in [0, 0.05) is 0 Å². The molecule has 0 aliphatic rings. The van der Waals surface area contributed by atoms with Crippen molar-refractivity contribution >= 4 is 26.7 Å². The summed E-state index contributed by atoms with van der Waals surface area (Å²) in [6, 6.07) is 0. The summed E-state index contributed by atoms with van der Waals surface area (Å²) < 4.78 is 11.1. The molecule has 0 aliphatic heterocycles. The molecule has 30 heavy (non-hydrogen) atoms. The molecular formula is C26H58O2SiSn. The quantitative estimate of drug-likeness (QED) is 0.137. The summed E-state index contributed by atoms with van der Waals surface area (Å²) in [7, 11) is -1.82. The molecule has 4 heteroatoms. The van der Waals surface area contributed by atoms with Crippen molar-refractivity contribution in [3.05, 3.63) is 0 Å². The van der Waals surface area contributed by atoms with Gasteiger partial charge >= 0.3 is 197 Å². The van der Waals surface area contributed by atoms with Crippen molar-refractivity contribution in [2.45, 2.75) is 161 Å². The van der Waals surface area contributed by atoms with E-state index >= 15 is 0 Å².